The van der Waals surface area contributed by atoms with Gasteiger partial charge in [0.25, 0.3) is 0 Å². The van der Waals surface area contributed by atoms with Gasteiger partial charge in [0.2, 0.25) is 5.91 Å². The van der Waals surface area contributed by atoms with Crippen LogP contribution in [0.1, 0.15) is 34.1 Å². The molecule has 0 spiro atoms. The molecule has 0 unspecified atom stereocenters. The fourth-order valence-electron chi connectivity index (χ4n) is 0.811. The normalized spacial score (nSPS) is 9.37. The Kier molecular flexibility index (Phi) is 15.0. The number of hydrogen-bond acceptors (Lipinski definition) is 4. The minimum absolute atomic E-state index is 0. The molecule has 0 rings (SSSR count). The number of amides is 1. The second-order valence-electron chi connectivity index (χ2n) is 4.56. The quantitative estimate of drug-likeness (QED) is 0.338. The van der Waals surface area contributed by atoms with Crippen LogP contribution in [0.5, 0.6) is 0 Å². The Balaban J connectivity index is -0.000000280. The topological polar surface area (TPSA) is 63.7 Å². The van der Waals surface area contributed by atoms with Gasteiger partial charge in [-0.05, 0) is 27.7 Å². The number of carbonyl (C=O) groups excluding carboxylic acids is 3. The number of carbonyl (C=O) groups is 2. The summed E-state index contributed by atoms with van der Waals surface area (Å²) in [7, 11) is 0. The van der Waals surface area contributed by atoms with Gasteiger partial charge >= 0.3 is 18.9 Å². The van der Waals surface area contributed by atoms with Crippen LogP contribution >= 0.6 is 0 Å². The zero-order valence-corrected chi connectivity index (χ0v) is 12.6. The van der Waals surface area contributed by atoms with Crippen LogP contribution in [-0.4, -0.2) is 41.8 Å². The molecule has 0 saturated carbocycles. The summed E-state index contributed by atoms with van der Waals surface area (Å²) in [5.41, 5.74) is -0.373. The van der Waals surface area contributed by atoms with Crippen LogP contribution < -0.4 is 18.9 Å². The average Bonchev–Trinajstić information content (AvgIpc) is 2.17. The van der Waals surface area contributed by atoms with Crippen LogP contribution in [0.25, 0.3) is 0 Å². The van der Waals surface area contributed by atoms with Gasteiger partial charge in [0.05, 0.1) is 12.0 Å². The third-order valence-corrected chi connectivity index (χ3v) is 1.64. The molecule has 0 radical (unpaired) electrons. The average molecular weight is 263 g/mol. The molecule has 0 aromatic carbocycles. The maximum absolute atomic E-state index is 11.0. The Bertz CT molecular complexity index is 270. The molecule has 5 nitrogen and oxygen atoms in total. The molecule has 106 valence electrons. The fourth-order valence-corrected chi connectivity index (χ4v) is 0.811. The van der Waals surface area contributed by atoms with Gasteiger partial charge in [-0.15, -0.1) is 13.1 Å². The van der Waals surface area contributed by atoms with Gasteiger partial charge in [-0.3, -0.25) is 9.59 Å². The summed E-state index contributed by atoms with van der Waals surface area (Å²) in [6.07, 6.45) is -0.0367. The molecule has 0 aromatic heterocycles. The van der Waals surface area contributed by atoms with E-state index in [0.29, 0.717) is 13.1 Å². The van der Waals surface area contributed by atoms with Gasteiger partial charge in [-0.25, -0.2) is 0 Å². The van der Waals surface area contributed by atoms with Crippen molar-refractivity contribution < 1.29 is 38.0 Å². The smallest absolute Gasteiger partial charge is 0.649 e. The Morgan fingerprint density at radius 1 is 1.21 bits per heavy atom. The van der Waals surface area contributed by atoms with Crippen molar-refractivity contribution in [1.29, 1.82) is 0 Å². The van der Waals surface area contributed by atoms with Gasteiger partial charge in [0, 0.05) is 0 Å². The standard InChI is InChI=1S/C8H13NO2.C5H9O2.Li/c1-4-9(5-2)8(11)6-7(3)10;1-5(2,3)7-4-6;/h1-2,4-6H2,3H3;1-3H3;/q-2;-1;+1. The van der Waals surface area contributed by atoms with Crippen molar-refractivity contribution in [1.82, 2.24) is 4.90 Å². The van der Waals surface area contributed by atoms with Gasteiger partial charge in [-0.1, -0.05) is 6.47 Å². The number of rotatable bonds is 5. The van der Waals surface area contributed by atoms with Crippen molar-refractivity contribution in [3.8, 4) is 0 Å². The summed E-state index contributed by atoms with van der Waals surface area (Å²) in [5.74, 6) is -0.315. The van der Waals surface area contributed by atoms with E-state index < -0.39 is 0 Å². The summed E-state index contributed by atoms with van der Waals surface area (Å²) >= 11 is 0. The molecular weight excluding hydrogens is 241 g/mol. The predicted octanol–water partition coefficient (Wildman–Crippen LogP) is -1.67. The molecule has 0 aliphatic heterocycles. The Morgan fingerprint density at radius 3 is 1.79 bits per heavy atom. The molecule has 0 aliphatic rings. The molecule has 0 bridgehead atoms. The van der Waals surface area contributed by atoms with Crippen LogP contribution in [0, 0.1) is 13.8 Å². The Labute approximate surface area is 128 Å². The third kappa shape index (κ3) is 17.2. The van der Waals surface area contributed by atoms with E-state index in [1.807, 2.05) is 0 Å². The molecule has 6 heteroatoms. The van der Waals surface area contributed by atoms with E-state index >= 15 is 0 Å². The number of nitrogens with zero attached hydrogens (tertiary/aromatic N) is 1. The van der Waals surface area contributed by atoms with Gasteiger partial charge < -0.3 is 28.3 Å². The molecule has 1 amide bonds. The van der Waals surface area contributed by atoms with E-state index in [2.05, 4.69) is 18.6 Å². The summed E-state index contributed by atoms with van der Waals surface area (Å²) in [6, 6.07) is 0. The van der Waals surface area contributed by atoms with E-state index in [1.165, 1.54) is 18.3 Å². The van der Waals surface area contributed by atoms with Crippen LogP contribution in [0.3, 0.4) is 0 Å². The Hall–Kier alpha value is -0.793. The maximum atomic E-state index is 11.0. The SMILES string of the molecule is CC(C)(C)O[C-]=O.[CH2-]CN(C[CH2-])C(=O)CC(C)=O.[Li+]. The predicted molar refractivity (Wildman–Crippen MR) is 69.1 cm³/mol. The molecule has 0 aliphatic carbocycles. The van der Waals surface area contributed by atoms with Crippen LogP contribution in [-0.2, 0) is 19.1 Å². The van der Waals surface area contributed by atoms with Crippen molar-refractivity contribution in [2.45, 2.75) is 39.7 Å². The molecule has 0 aromatic rings. The molecule has 0 N–H and O–H groups in total. The number of hydrogen-bond donors (Lipinski definition) is 0. The third-order valence-electron chi connectivity index (χ3n) is 1.64. The first-order chi connectivity index (χ1) is 8.17. The van der Waals surface area contributed by atoms with Crippen molar-refractivity contribution in [3.05, 3.63) is 13.8 Å². The van der Waals surface area contributed by atoms with Crippen molar-refractivity contribution in [2.75, 3.05) is 13.1 Å². The molecule has 0 heterocycles. The first-order valence-electron chi connectivity index (χ1n) is 5.58. The molecule has 19 heavy (non-hydrogen) atoms. The van der Waals surface area contributed by atoms with Gasteiger partial charge in [0.15, 0.2) is 0 Å². The van der Waals surface area contributed by atoms with E-state index in [-0.39, 0.29) is 42.6 Å². The minimum atomic E-state index is -0.373. The zero-order chi connectivity index (χ0) is 14.8. The number of ether oxygens (including phenoxy) is 1. The van der Waals surface area contributed by atoms with E-state index in [4.69, 9.17) is 0 Å². The van der Waals surface area contributed by atoms with Crippen molar-refractivity contribution in [2.24, 2.45) is 0 Å². The molecule has 0 saturated heterocycles. The first kappa shape index (κ1) is 23.3. The maximum Gasteiger partial charge on any atom is 1.00 e. The molecular formula is C13H22LiNO4-2. The first-order valence-corrected chi connectivity index (χ1v) is 5.58. The van der Waals surface area contributed by atoms with E-state index in [0.717, 1.165) is 0 Å². The van der Waals surface area contributed by atoms with Gasteiger partial charge in [0.1, 0.15) is 5.78 Å². The largest absolute Gasteiger partial charge is 1.00 e. The van der Waals surface area contributed by atoms with Crippen molar-refractivity contribution in [3.63, 3.8) is 0 Å². The Morgan fingerprint density at radius 2 is 1.63 bits per heavy atom. The zero-order valence-electron chi connectivity index (χ0n) is 12.6. The molecule has 0 atom stereocenters. The summed E-state index contributed by atoms with van der Waals surface area (Å²) in [4.78, 5) is 32.4. The van der Waals surface area contributed by atoms with E-state index in [9.17, 15) is 14.4 Å². The second kappa shape index (κ2) is 12.3. The monoisotopic (exact) mass is 263 g/mol. The van der Waals surface area contributed by atoms with Crippen LogP contribution in [0.15, 0.2) is 0 Å². The van der Waals surface area contributed by atoms with Crippen molar-refractivity contribution >= 4 is 18.2 Å². The van der Waals surface area contributed by atoms with Gasteiger partial charge in [-0.2, -0.15) is 0 Å². The molecule has 0 fully saturated rings. The van der Waals surface area contributed by atoms with E-state index in [1.54, 1.807) is 20.8 Å². The second-order valence-corrected chi connectivity index (χ2v) is 4.56. The van der Waals surface area contributed by atoms with Crippen LogP contribution in [0.2, 0.25) is 0 Å². The summed E-state index contributed by atoms with van der Waals surface area (Å²) in [5, 5.41) is 0. The summed E-state index contributed by atoms with van der Waals surface area (Å²) in [6.45, 7) is 15.9. The van der Waals surface area contributed by atoms with Crippen LogP contribution in [0.4, 0.5) is 0 Å². The summed E-state index contributed by atoms with van der Waals surface area (Å²) < 4.78 is 4.42. The number of Topliss-reactive ketones (excluding diaryl/α,β-unsaturated/α-hetero) is 1. The fraction of sp³-hybridized carbons (Fsp3) is 0.615. The number of ketones is 1. The minimum Gasteiger partial charge on any atom is -0.649 e.